The molecule has 7 nitrogen and oxygen atoms in total. The third kappa shape index (κ3) is 3.86. The van der Waals surface area contributed by atoms with Crippen molar-refractivity contribution in [3.8, 4) is 0 Å². The topological polar surface area (TPSA) is 98.7 Å². The van der Waals surface area contributed by atoms with E-state index in [0.29, 0.717) is 12.0 Å². The number of nitrogens with one attached hydrogen (secondary N) is 2. The van der Waals surface area contributed by atoms with Crippen molar-refractivity contribution in [2.45, 2.75) is 19.0 Å². The number of benzene rings is 1. The normalized spacial score (nSPS) is 17.3. The molecule has 8 heteroatoms. The van der Waals surface area contributed by atoms with Gasteiger partial charge in [-0.1, -0.05) is 18.2 Å². The molecule has 25 heavy (non-hydrogen) atoms. The van der Waals surface area contributed by atoms with Gasteiger partial charge in [-0.2, -0.15) is 0 Å². The number of amides is 3. The Morgan fingerprint density at radius 2 is 2.04 bits per heavy atom. The third-order valence-electron chi connectivity index (χ3n) is 4.06. The standard InChI is InChI=1S/C17H17N3O4S/c21-15-9-18-17(23)14(8-13-2-1-7-25-13)20(15)10-11-3-5-12(6-4-11)16(22)19-24/h1-7,14,24H,8-10H2,(H,18,23)(H,19,22). The Morgan fingerprint density at radius 3 is 2.68 bits per heavy atom. The van der Waals surface area contributed by atoms with Gasteiger partial charge < -0.3 is 10.2 Å². The van der Waals surface area contributed by atoms with Crippen LogP contribution < -0.4 is 10.8 Å². The Bertz CT molecular complexity index is 774. The molecule has 1 saturated heterocycles. The fourth-order valence-corrected chi connectivity index (χ4v) is 3.48. The van der Waals surface area contributed by atoms with Gasteiger partial charge in [-0.05, 0) is 29.1 Å². The van der Waals surface area contributed by atoms with E-state index in [9.17, 15) is 14.4 Å². The molecule has 1 aliphatic rings. The van der Waals surface area contributed by atoms with Gasteiger partial charge >= 0.3 is 0 Å². The summed E-state index contributed by atoms with van der Waals surface area (Å²) in [6.07, 6.45) is 0.472. The second-order valence-corrected chi connectivity index (χ2v) is 6.71. The van der Waals surface area contributed by atoms with Crippen molar-refractivity contribution in [1.82, 2.24) is 15.7 Å². The van der Waals surface area contributed by atoms with Crippen LogP contribution in [0.3, 0.4) is 0 Å². The number of carbonyl (C=O) groups excluding carboxylic acids is 3. The first-order chi connectivity index (χ1) is 12.1. The number of hydroxylamine groups is 1. The molecule has 3 amide bonds. The largest absolute Gasteiger partial charge is 0.345 e. The number of thiophene rings is 1. The summed E-state index contributed by atoms with van der Waals surface area (Å²) in [7, 11) is 0. The Balaban J connectivity index is 1.78. The van der Waals surface area contributed by atoms with Crippen LogP contribution in [0.1, 0.15) is 20.8 Å². The highest BCUT2D eigenvalue weighted by molar-refractivity contribution is 7.09. The average molecular weight is 359 g/mol. The molecule has 130 valence electrons. The minimum absolute atomic E-state index is 0.00915. The van der Waals surface area contributed by atoms with E-state index in [-0.39, 0.29) is 24.9 Å². The highest BCUT2D eigenvalue weighted by Gasteiger charge is 2.34. The molecule has 1 unspecified atom stereocenters. The van der Waals surface area contributed by atoms with Gasteiger partial charge in [0.1, 0.15) is 6.04 Å². The number of piperazine rings is 1. The number of hydrogen-bond acceptors (Lipinski definition) is 5. The molecule has 0 radical (unpaired) electrons. The van der Waals surface area contributed by atoms with Crippen LogP contribution in [0.4, 0.5) is 0 Å². The van der Waals surface area contributed by atoms with Crippen LogP contribution in [0, 0.1) is 0 Å². The first-order valence-corrected chi connectivity index (χ1v) is 8.59. The third-order valence-corrected chi connectivity index (χ3v) is 4.96. The molecule has 0 aliphatic carbocycles. The van der Waals surface area contributed by atoms with Crippen LogP contribution in [-0.4, -0.2) is 40.4 Å². The first-order valence-electron chi connectivity index (χ1n) is 7.71. The Labute approximate surface area is 148 Å². The van der Waals surface area contributed by atoms with Crippen molar-refractivity contribution >= 4 is 29.1 Å². The van der Waals surface area contributed by atoms with Crippen LogP contribution in [-0.2, 0) is 22.6 Å². The van der Waals surface area contributed by atoms with Gasteiger partial charge in [0.05, 0.1) is 6.54 Å². The lowest BCUT2D eigenvalue weighted by atomic mass is 10.0. The minimum atomic E-state index is -0.601. The molecule has 3 rings (SSSR count). The van der Waals surface area contributed by atoms with Crippen molar-refractivity contribution in [3.63, 3.8) is 0 Å². The Morgan fingerprint density at radius 1 is 1.28 bits per heavy atom. The maximum atomic E-state index is 12.3. The zero-order valence-electron chi connectivity index (χ0n) is 13.3. The SMILES string of the molecule is O=C(NO)c1ccc(CN2C(=O)CNC(=O)C2Cc2cccs2)cc1. The van der Waals surface area contributed by atoms with Crippen molar-refractivity contribution in [1.29, 1.82) is 0 Å². The Kier molecular flexibility index (Phi) is 5.11. The monoisotopic (exact) mass is 359 g/mol. The predicted octanol–water partition coefficient (Wildman–Crippen LogP) is 0.937. The van der Waals surface area contributed by atoms with E-state index < -0.39 is 11.9 Å². The van der Waals surface area contributed by atoms with Crippen LogP contribution in [0.5, 0.6) is 0 Å². The molecule has 0 spiro atoms. The van der Waals surface area contributed by atoms with E-state index in [0.717, 1.165) is 10.4 Å². The molecule has 1 aliphatic heterocycles. The summed E-state index contributed by atoms with van der Waals surface area (Å²) < 4.78 is 0. The van der Waals surface area contributed by atoms with Crippen molar-refractivity contribution < 1.29 is 19.6 Å². The zero-order valence-corrected chi connectivity index (χ0v) is 14.1. The second kappa shape index (κ2) is 7.45. The predicted molar refractivity (Wildman–Crippen MR) is 91.1 cm³/mol. The molecule has 1 atom stereocenters. The average Bonchev–Trinajstić information content (AvgIpc) is 3.14. The highest BCUT2D eigenvalue weighted by Crippen LogP contribution is 2.19. The number of hydrogen-bond donors (Lipinski definition) is 3. The summed E-state index contributed by atoms with van der Waals surface area (Å²) in [4.78, 5) is 38.6. The zero-order chi connectivity index (χ0) is 17.8. The van der Waals surface area contributed by atoms with Crippen molar-refractivity contribution in [3.05, 3.63) is 57.8 Å². The molecule has 0 bridgehead atoms. The lowest BCUT2D eigenvalue weighted by Gasteiger charge is -2.35. The molecule has 0 saturated carbocycles. The van der Waals surface area contributed by atoms with Crippen LogP contribution in [0.2, 0.25) is 0 Å². The number of rotatable bonds is 5. The molecular weight excluding hydrogens is 342 g/mol. The van der Waals surface area contributed by atoms with E-state index in [1.165, 1.54) is 0 Å². The molecule has 1 aromatic carbocycles. The van der Waals surface area contributed by atoms with Gasteiger partial charge in [0.2, 0.25) is 11.8 Å². The summed E-state index contributed by atoms with van der Waals surface area (Å²) in [6, 6.07) is 9.82. The van der Waals surface area contributed by atoms with E-state index in [1.54, 1.807) is 46.0 Å². The molecule has 1 fully saturated rings. The smallest absolute Gasteiger partial charge is 0.274 e. The fraction of sp³-hybridized carbons (Fsp3) is 0.235. The summed E-state index contributed by atoms with van der Waals surface area (Å²) in [5.41, 5.74) is 2.68. The van der Waals surface area contributed by atoms with E-state index in [1.807, 2.05) is 17.5 Å². The van der Waals surface area contributed by atoms with E-state index in [2.05, 4.69) is 5.32 Å². The number of carbonyl (C=O) groups is 3. The van der Waals surface area contributed by atoms with Gasteiger partial charge in [0.25, 0.3) is 5.91 Å². The van der Waals surface area contributed by atoms with Crippen molar-refractivity contribution in [2.24, 2.45) is 0 Å². The summed E-state index contributed by atoms with van der Waals surface area (Å²) >= 11 is 1.55. The molecular formula is C17H17N3O4S. The molecule has 3 N–H and O–H groups in total. The van der Waals surface area contributed by atoms with E-state index >= 15 is 0 Å². The molecule has 2 aromatic rings. The van der Waals surface area contributed by atoms with E-state index in [4.69, 9.17) is 5.21 Å². The van der Waals surface area contributed by atoms with Gasteiger partial charge in [-0.3, -0.25) is 19.6 Å². The van der Waals surface area contributed by atoms with Gasteiger partial charge in [0, 0.05) is 23.4 Å². The lowest BCUT2D eigenvalue weighted by molar-refractivity contribution is -0.146. The van der Waals surface area contributed by atoms with Crippen molar-refractivity contribution in [2.75, 3.05) is 6.54 Å². The maximum absolute atomic E-state index is 12.3. The van der Waals surface area contributed by atoms with Crippen LogP contribution >= 0.6 is 11.3 Å². The summed E-state index contributed by atoms with van der Waals surface area (Å²) in [6.45, 7) is 0.272. The fourth-order valence-electron chi connectivity index (χ4n) is 2.74. The summed E-state index contributed by atoms with van der Waals surface area (Å²) in [5, 5.41) is 13.2. The van der Waals surface area contributed by atoms with Crippen LogP contribution in [0.15, 0.2) is 41.8 Å². The quantitative estimate of drug-likeness (QED) is 0.546. The number of nitrogens with zero attached hydrogens (tertiary/aromatic N) is 1. The van der Waals surface area contributed by atoms with Gasteiger partial charge in [-0.25, -0.2) is 5.48 Å². The first kappa shape index (κ1) is 17.1. The highest BCUT2D eigenvalue weighted by atomic mass is 32.1. The molecule has 2 heterocycles. The lowest BCUT2D eigenvalue weighted by Crippen LogP contribution is -2.58. The molecule has 1 aromatic heterocycles. The maximum Gasteiger partial charge on any atom is 0.274 e. The Hall–Kier alpha value is -2.71. The van der Waals surface area contributed by atoms with Crippen LogP contribution in [0.25, 0.3) is 0 Å². The second-order valence-electron chi connectivity index (χ2n) is 5.68. The van der Waals surface area contributed by atoms with Gasteiger partial charge in [0.15, 0.2) is 0 Å². The summed E-state index contributed by atoms with van der Waals surface area (Å²) in [5.74, 6) is -0.904. The minimum Gasteiger partial charge on any atom is -0.345 e. The van der Waals surface area contributed by atoms with Gasteiger partial charge in [-0.15, -0.1) is 11.3 Å².